The molecule has 2 aliphatic heterocycles. The summed E-state index contributed by atoms with van der Waals surface area (Å²) in [5, 5.41) is 12.3. The highest BCUT2D eigenvalue weighted by atomic mass is 16.9. The maximum Gasteiger partial charge on any atom is 0.294 e. The summed E-state index contributed by atoms with van der Waals surface area (Å²) in [4.78, 5) is 45.1. The van der Waals surface area contributed by atoms with Crippen LogP contribution in [0.25, 0.3) is 0 Å². The van der Waals surface area contributed by atoms with Crippen molar-refractivity contribution in [2.45, 2.75) is 69.6 Å². The number of piperidine rings is 1. The van der Waals surface area contributed by atoms with Crippen molar-refractivity contribution in [1.82, 2.24) is 10.2 Å². The molecule has 3 unspecified atom stereocenters. The van der Waals surface area contributed by atoms with Gasteiger partial charge in [-0.05, 0) is 61.1 Å². The minimum atomic E-state index is -0.807. The number of carbonyl (C=O) groups excluding carboxylic acids is 2. The Labute approximate surface area is 276 Å². The average Bonchev–Trinajstić information content (AvgIpc) is 3.08. The molecule has 0 aromatic heterocycles. The van der Waals surface area contributed by atoms with Crippen LogP contribution in [0.15, 0.2) is 42.5 Å². The molecular formula is C34H48N4O9. The van der Waals surface area contributed by atoms with E-state index in [1.54, 1.807) is 26.2 Å². The van der Waals surface area contributed by atoms with Gasteiger partial charge in [-0.15, -0.1) is 10.1 Å². The molecule has 13 nitrogen and oxygen atoms in total. The lowest BCUT2D eigenvalue weighted by Gasteiger charge is -2.44. The predicted octanol–water partition coefficient (Wildman–Crippen LogP) is 4.11. The number of rotatable bonds is 18. The number of amides is 2. The summed E-state index contributed by atoms with van der Waals surface area (Å²) in [6.45, 7) is 3.67. The van der Waals surface area contributed by atoms with Gasteiger partial charge in [0.05, 0.1) is 38.7 Å². The van der Waals surface area contributed by atoms with Crippen LogP contribution in [0.1, 0.15) is 62.0 Å². The van der Waals surface area contributed by atoms with Gasteiger partial charge >= 0.3 is 0 Å². The Balaban J connectivity index is 1.52. The lowest BCUT2D eigenvalue weighted by atomic mass is 9.81. The van der Waals surface area contributed by atoms with Gasteiger partial charge in [0.1, 0.15) is 18.1 Å². The number of unbranched alkanes of at least 4 members (excludes halogenated alkanes) is 2. The third-order valence-corrected chi connectivity index (χ3v) is 8.81. The SMILES string of the molecule is CNC(=O)CC1CC(c2ccc(OC)cc2)C(OCc2ccc3c(c2)N(CCCOC)CCO3)CN1C(=O)CCCCCO[N+](=O)[O-]. The molecule has 3 atom stereocenters. The Morgan fingerprint density at radius 2 is 1.87 bits per heavy atom. The van der Waals surface area contributed by atoms with E-state index >= 15 is 0 Å². The van der Waals surface area contributed by atoms with Gasteiger partial charge in [0.2, 0.25) is 11.8 Å². The first kappa shape index (κ1) is 35.7. The second kappa shape index (κ2) is 18.3. The maximum absolute atomic E-state index is 13.6. The molecule has 0 saturated carbocycles. The number of methoxy groups -OCH3 is 2. The molecule has 258 valence electrons. The number of likely N-dealkylation sites (tertiary alicyclic amines) is 1. The molecule has 2 amide bonds. The van der Waals surface area contributed by atoms with E-state index in [0.717, 1.165) is 47.8 Å². The molecule has 0 spiro atoms. The fourth-order valence-electron chi connectivity index (χ4n) is 6.31. The van der Waals surface area contributed by atoms with E-state index in [1.165, 1.54) is 0 Å². The van der Waals surface area contributed by atoms with Crippen LogP contribution < -0.4 is 19.7 Å². The smallest absolute Gasteiger partial charge is 0.294 e. The maximum atomic E-state index is 13.6. The van der Waals surface area contributed by atoms with E-state index in [9.17, 15) is 19.7 Å². The summed E-state index contributed by atoms with van der Waals surface area (Å²) in [7, 11) is 4.93. The number of nitrogens with zero attached hydrogens (tertiary/aromatic N) is 3. The fourth-order valence-corrected chi connectivity index (χ4v) is 6.31. The number of carbonyl (C=O) groups is 2. The molecule has 2 aromatic carbocycles. The molecule has 1 saturated heterocycles. The van der Waals surface area contributed by atoms with E-state index in [4.69, 9.17) is 18.9 Å². The zero-order valence-corrected chi connectivity index (χ0v) is 27.7. The molecule has 0 bridgehead atoms. The van der Waals surface area contributed by atoms with Crippen molar-refractivity contribution in [2.75, 3.05) is 65.6 Å². The first-order chi connectivity index (χ1) is 22.8. The Bertz CT molecular complexity index is 1310. The van der Waals surface area contributed by atoms with Crippen LogP contribution in [-0.2, 0) is 30.5 Å². The van der Waals surface area contributed by atoms with E-state index < -0.39 is 5.09 Å². The van der Waals surface area contributed by atoms with Crippen LogP contribution in [0.2, 0.25) is 0 Å². The lowest BCUT2D eigenvalue weighted by Crippen LogP contribution is -2.53. The zero-order chi connectivity index (χ0) is 33.6. The van der Waals surface area contributed by atoms with Crippen LogP contribution in [0.3, 0.4) is 0 Å². The van der Waals surface area contributed by atoms with Crippen LogP contribution in [0, 0.1) is 10.1 Å². The highest BCUT2D eigenvalue weighted by Gasteiger charge is 2.40. The van der Waals surface area contributed by atoms with Gasteiger partial charge in [0, 0.05) is 58.7 Å². The van der Waals surface area contributed by atoms with Crippen molar-refractivity contribution in [2.24, 2.45) is 0 Å². The highest BCUT2D eigenvalue weighted by molar-refractivity contribution is 5.80. The molecule has 13 heteroatoms. The van der Waals surface area contributed by atoms with Crippen LogP contribution in [-0.4, -0.2) is 94.7 Å². The summed E-state index contributed by atoms with van der Waals surface area (Å²) in [5.41, 5.74) is 3.09. The predicted molar refractivity (Wildman–Crippen MR) is 175 cm³/mol. The van der Waals surface area contributed by atoms with E-state index in [1.807, 2.05) is 36.4 Å². The summed E-state index contributed by atoms with van der Waals surface area (Å²) in [6, 6.07) is 13.7. The van der Waals surface area contributed by atoms with Crippen molar-refractivity contribution in [3.8, 4) is 11.5 Å². The van der Waals surface area contributed by atoms with Crippen molar-refractivity contribution in [1.29, 1.82) is 0 Å². The number of hydrogen-bond acceptors (Lipinski definition) is 10. The standard InChI is InChI=1S/C34H48N4O9/c1-35-33(39)22-27-21-29(26-10-12-28(44-3)13-11-26)32(23-37(27)34(40)8-5-4-6-18-47-38(41)42)46-24-25-9-14-31-30(20-25)36(16-19-45-31)15-7-17-43-2/h9-14,20,27,29,32H,4-8,15-19,21-24H2,1-3H3,(H,35,39). The first-order valence-electron chi connectivity index (χ1n) is 16.4. The molecule has 0 radical (unpaired) electrons. The number of nitrogens with one attached hydrogen (secondary N) is 1. The molecule has 1 fully saturated rings. The van der Waals surface area contributed by atoms with Crippen LogP contribution in [0.5, 0.6) is 11.5 Å². The molecule has 2 heterocycles. The third kappa shape index (κ3) is 10.4. The van der Waals surface area contributed by atoms with Gasteiger partial charge in [0.15, 0.2) is 0 Å². The zero-order valence-electron chi connectivity index (χ0n) is 27.7. The summed E-state index contributed by atoms with van der Waals surface area (Å²) in [6.07, 6.45) is 3.26. The number of anilines is 1. The first-order valence-corrected chi connectivity index (χ1v) is 16.4. The Morgan fingerprint density at radius 3 is 2.60 bits per heavy atom. The molecule has 1 N–H and O–H groups in total. The molecule has 2 aromatic rings. The average molecular weight is 657 g/mol. The summed E-state index contributed by atoms with van der Waals surface area (Å²) >= 11 is 0. The van der Waals surface area contributed by atoms with E-state index in [0.29, 0.717) is 52.0 Å². The third-order valence-electron chi connectivity index (χ3n) is 8.81. The second-order valence-corrected chi connectivity index (χ2v) is 11.9. The van der Waals surface area contributed by atoms with Gasteiger partial charge in [0.25, 0.3) is 5.09 Å². The van der Waals surface area contributed by atoms with E-state index in [-0.39, 0.29) is 49.3 Å². The molecular weight excluding hydrogens is 608 g/mol. The van der Waals surface area contributed by atoms with Gasteiger partial charge in [-0.3, -0.25) is 9.59 Å². The van der Waals surface area contributed by atoms with Crippen molar-refractivity contribution < 1.29 is 38.5 Å². The van der Waals surface area contributed by atoms with Crippen LogP contribution >= 0.6 is 0 Å². The lowest BCUT2D eigenvalue weighted by molar-refractivity contribution is -0.757. The summed E-state index contributed by atoms with van der Waals surface area (Å²) in [5.74, 6) is 1.34. The molecule has 0 aliphatic carbocycles. The Hall–Kier alpha value is -4.10. The van der Waals surface area contributed by atoms with Gasteiger partial charge in [-0.2, -0.15) is 0 Å². The molecule has 2 aliphatic rings. The van der Waals surface area contributed by atoms with Gasteiger partial charge < -0.3 is 38.9 Å². The Kier molecular flexibility index (Phi) is 13.9. The minimum Gasteiger partial charge on any atom is -0.497 e. The Morgan fingerprint density at radius 1 is 1.06 bits per heavy atom. The summed E-state index contributed by atoms with van der Waals surface area (Å²) < 4.78 is 23.2. The monoisotopic (exact) mass is 656 g/mol. The molecule has 4 rings (SSSR count). The highest BCUT2D eigenvalue weighted by Crippen LogP contribution is 2.38. The largest absolute Gasteiger partial charge is 0.497 e. The minimum absolute atomic E-state index is 0.00336. The molecule has 47 heavy (non-hydrogen) atoms. The normalized spacial score (nSPS) is 19.0. The van der Waals surface area contributed by atoms with Gasteiger partial charge in [-0.1, -0.05) is 24.6 Å². The number of hydrogen-bond donors (Lipinski definition) is 1. The fraction of sp³-hybridized carbons (Fsp3) is 0.588. The number of fused-ring (bicyclic) bond motifs is 1. The quantitative estimate of drug-likeness (QED) is 0.142. The van der Waals surface area contributed by atoms with Crippen molar-refractivity contribution >= 4 is 17.5 Å². The van der Waals surface area contributed by atoms with Crippen molar-refractivity contribution in [3.05, 3.63) is 63.7 Å². The van der Waals surface area contributed by atoms with Gasteiger partial charge in [-0.25, -0.2) is 0 Å². The number of benzene rings is 2. The van der Waals surface area contributed by atoms with Crippen LogP contribution in [0.4, 0.5) is 5.69 Å². The van der Waals surface area contributed by atoms with Crippen molar-refractivity contribution in [3.63, 3.8) is 0 Å². The van der Waals surface area contributed by atoms with E-state index in [2.05, 4.69) is 21.1 Å². The topological polar surface area (TPSA) is 142 Å². The second-order valence-electron chi connectivity index (χ2n) is 11.9. The number of ether oxygens (including phenoxy) is 4.